The largest absolute Gasteiger partial charge is 0.481 e. The van der Waals surface area contributed by atoms with Crippen LogP contribution in [0.25, 0.3) is 0 Å². The van der Waals surface area contributed by atoms with E-state index in [1.807, 2.05) is 19.1 Å². The van der Waals surface area contributed by atoms with Gasteiger partial charge in [-0.3, -0.25) is 0 Å². The zero-order chi connectivity index (χ0) is 13.0. The van der Waals surface area contributed by atoms with Crippen LogP contribution in [0, 0.1) is 6.92 Å². The van der Waals surface area contributed by atoms with Crippen molar-refractivity contribution < 1.29 is 4.74 Å². The van der Waals surface area contributed by atoms with Crippen molar-refractivity contribution in [2.75, 3.05) is 12.4 Å². The van der Waals surface area contributed by atoms with Crippen LogP contribution >= 0.6 is 11.6 Å². The van der Waals surface area contributed by atoms with Crippen LogP contribution < -0.4 is 10.1 Å². The fourth-order valence-electron chi connectivity index (χ4n) is 1.46. The van der Waals surface area contributed by atoms with Crippen LogP contribution in [0.3, 0.4) is 0 Å². The molecule has 0 saturated carbocycles. The highest BCUT2D eigenvalue weighted by Crippen LogP contribution is 2.18. The smallest absolute Gasteiger partial charge is 0.213 e. The van der Waals surface area contributed by atoms with Gasteiger partial charge in [0.05, 0.1) is 7.11 Å². The summed E-state index contributed by atoms with van der Waals surface area (Å²) in [6.45, 7) is 2.49. The number of hydrogen-bond donors (Lipinski definition) is 1. The zero-order valence-corrected chi connectivity index (χ0v) is 10.9. The van der Waals surface area contributed by atoms with Crippen molar-refractivity contribution in [3.05, 3.63) is 40.9 Å². The molecule has 1 N–H and O–H groups in total. The van der Waals surface area contributed by atoms with Crippen LogP contribution in [-0.4, -0.2) is 22.1 Å². The maximum absolute atomic E-state index is 5.92. The number of nitrogens with zero attached hydrogens (tertiary/aromatic N) is 3. The first kappa shape index (κ1) is 12.6. The van der Waals surface area contributed by atoms with Crippen LogP contribution in [0.4, 0.5) is 5.82 Å². The Bertz CT molecular complexity index is 547. The average molecular weight is 265 g/mol. The summed E-state index contributed by atoms with van der Waals surface area (Å²) < 4.78 is 5.06. The van der Waals surface area contributed by atoms with E-state index < -0.39 is 0 Å². The van der Waals surface area contributed by atoms with E-state index >= 15 is 0 Å². The second-order valence-electron chi connectivity index (χ2n) is 3.70. The number of hydrogen-bond acceptors (Lipinski definition) is 5. The minimum absolute atomic E-state index is 0.458. The van der Waals surface area contributed by atoms with Gasteiger partial charge in [0.2, 0.25) is 5.88 Å². The summed E-state index contributed by atoms with van der Waals surface area (Å²) in [7, 11) is 1.59. The van der Waals surface area contributed by atoms with Crippen LogP contribution in [0.1, 0.15) is 11.1 Å². The summed E-state index contributed by atoms with van der Waals surface area (Å²) in [4.78, 5) is 12.1. The molecule has 2 aromatic rings. The van der Waals surface area contributed by atoms with E-state index in [2.05, 4.69) is 20.3 Å². The molecule has 0 fully saturated rings. The van der Waals surface area contributed by atoms with Gasteiger partial charge in [0.25, 0.3) is 0 Å². The van der Waals surface area contributed by atoms with Crippen molar-refractivity contribution in [2.24, 2.45) is 0 Å². The number of halogens is 1. The zero-order valence-electron chi connectivity index (χ0n) is 10.1. The monoisotopic (exact) mass is 264 g/mol. The van der Waals surface area contributed by atoms with Crippen LogP contribution in [0.2, 0.25) is 5.15 Å². The number of aromatic nitrogens is 3. The molecule has 2 aromatic heterocycles. The van der Waals surface area contributed by atoms with Gasteiger partial charge in [-0.15, -0.1) is 0 Å². The summed E-state index contributed by atoms with van der Waals surface area (Å²) in [6.07, 6.45) is 3.14. The lowest BCUT2D eigenvalue weighted by Crippen LogP contribution is -2.04. The SMILES string of the molecule is COc1cc(CNc2ncnc(Cl)c2C)ccn1. The molecule has 0 saturated heterocycles. The third-order valence-corrected chi connectivity index (χ3v) is 2.87. The highest BCUT2D eigenvalue weighted by molar-refractivity contribution is 6.30. The molecule has 2 heterocycles. The number of nitrogens with one attached hydrogen (secondary N) is 1. The Kier molecular flexibility index (Phi) is 3.94. The Morgan fingerprint density at radius 2 is 2.17 bits per heavy atom. The van der Waals surface area contributed by atoms with Crippen LogP contribution in [0.5, 0.6) is 5.88 Å². The summed E-state index contributed by atoms with van der Waals surface area (Å²) in [5, 5.41) is 3.66. The number of methoxy groups -OCH3 is 1. The van der Waals surface area contributed by atoms with Gasteiger partial charge in [-0.05, 0) is 18.6 Å². The first-order chi connectivity index (χ1) is 8.70. The Hall–Kier alpha value is -1.88. The average Bonchev–Trinajstić information content (AvgIpc) is 2.41. The van der Waals surface area contributed by atoms with Crippen molar-refractivity contribution in [3.8, 4) is 5.88 Å². The molecule has 0 aliphatic rings. The standard InChI is InChI=1S/C12H13ClN4O/c1-8-11(13)16-7-17-12(8)15-6-9-3-4-14-10(5-9)18-2/h3-5,7H,6H2,1-2H3,(H,15,16,17). The van der Waals surface area contributed by atoms with Gasteiger partial charge >= 0.3 is 0 Å². The predicted molar refractivity (Wildman–Crippen MR) is 69.9 cm³/mol. The van der Waals surface area contributed by atoms with E-state index in [4.69, 9.17) is 16.3 Å². The van der Waals surface area contributed by atoms with Crippen molar-refractivity contribution >= 4 is 17.4 Å². The maximum Gasteiger partial charge on any atom is 0.213 e. The van der Waals surface area contributed by atoms with Crippen molar-refractivity contribution in [2.45, 2.75) is 13.5 Å². The van der Waals surface area contributed by atoms with Gasteiger partial charge in [-0.1, -0.05) is 11.6 Å². The Morgan fingerprint density at radius 1 is 1.33 bits per heavy atom. The first-order valence-corrected chi connectivity index (χ1v) is 5.78. The molecular weight excluding hydrogens is 252 g/mol. The van der Waals surface area contributed by atoms with Crippen molar-refractivity contribution in [1.29, 1.82) is 0 Å². The number of rotatable bonds is 4. The summed E-state index contributed by atoms with van der Waals surface area (Å²) in [5.74, 6) is 1.32. The van der Waals surface area contributed by atoms with E-state index in [0.29, 0.717) is 17.6 Å². The second kappa shape index (κ2) is 5.64. The molecule has 0 bridgehead atoms. The summed E-state index contributed by atoms with van der Waals surface area (Å²) in [6, 6.07) is 3.78. The number of ether oxygens (including phenoxy) is 1. The first-order valence-electron chi connectivity index (χ1n) is 5.40. The predicted octanol–water partition coefficient (Wildman–Crippen LogP) is 2.45. The molecule has 0 radical (unpaired) electrons. The molecule has 0 amide bonds. The molecule has 6 heteroatoms. The van der Waals surface area contributed by atoms with E-state index in [1.165, 1.54) is 6.33 Å². The normalized spacial score (nSPS) is 10.2. The van der Waals surface area contributed by atoms with Gasteiger partial charge in [-0.25, -0.2) is 15.0 Å². The lowest BCUT2D eigenvalue weighted by Gasteiger charge is -2.09. The molecule has 18 heavy (non-hydrogen) atoms. The number of anilines is 1. The molecule has 94 valence electrons. The van der Waals surface area contributed by atoms with Crippen LogP contribution in [0.15, 0.2) is 24.7 Å². The lowest BCUT2D eigenvalue weighted by molar-refractivity contribution is 0.397. The van der Waals surface area contributed by atoms with Gasteiger partial charge < -0.3 is 10.1 Å². The van der Waals surface area contributed by atoms with Crippen LogP contribution in [-0.2, 0) is 6.54 Å². The Labute approximate surface area is 110 Å². The summed E-state index contributed by atoms with van der Waals surface area (Å²) >= 11 is 5.92. The minimum Gasteiger partial charge on any atom is -0.481 e. The van der Waals surface area contributed by atoms with Crippen molar-refractivity contribution in [3.63, 3.8) is 0 Å². The topological polar surface area (TPSA) is 59.9 Å². The molecule has 0 aromatic carbocycles. The molecular formula is C12H13ClN4O. The molecule has 0 unspecified atom stereocenters. The van der Waals surface area contributed by atoms with Crippen molar-refractivity contribution in [1.82, 2.24) is 15.0 Å². The van der Waals surface area contributed by atoms with E-state index in [0.717, 1.165) is 16.9 Å². The van der Waals surface area contributed by atoms with E-state index in [-0.39, 0.29) is 0 Å². The fourth-order valence-corrected chi connectivity index (χ4v) is 1.60. The highest BCUT2D eigenvalue weighted by atomic mass is 35.5. The summed E-state index contributed by atoms with van der Waals surface area (Å²) in [5.41, 5.74) is 1.89. The quantitative estimate of drug-likeness (QED) is 0.860. The third-order valence-electron chi connectivity index (χ3n) is 2.49. The minimum atomic E-state index is 0.458. The Morgan fingerprint density at radius 3 is 2.94 bits per heavy atom. The van der Waals surface area contributed by atoms with E-state index in [9.17, 15) is 0 Å². The van der Waals surface area contributed by atoms with Gasteiger partial charge in [0.15, 0.2) is 0 Å². The molecule has 0 spiro atoms. The molecule has 0 atom stereocenters. The molecule has 0 aliphatic heterocycles. The Balaban J connectivity index is 2.09. The third kappa shape index (κ3) is 2.87. The van der Waals surface area contributed by atoms with Gasteiger partial charge in [0, 0.05) is 24.4 Å². The molecule has 2 rings (SSSR count). The fraction of sp³-hybridized carbons (Fsp3) is 0.250. The van der Waals surface area contributed by atoms with Gasteiger partial charge in [0.1, 0.15) is 17.3 Å². The second-order valence-corrected chi connectivity index (χ2v) is 4.06. The van der Waals surface area contributed by atoms with E-state index in [1.54, 1.807) is 13.3 Å². The molecule has 5 nitrogen and oxygen atoms in total. The van der Waals surface area contributed by atoms with Gasteiger partial charge in [-0.2, -0.15) is 0 Å². The number of pyridine rings is 1. The highest BCUT2D eigenvalue weighted by Gasteiger charge is 2.04. The lowest BCUT2D eigenvalue weighted by atomic mass is 10.2. The maximum atomic E-state index is 5.92. The molecule has 0 aliphatic carbocycles.